The van der Waals surface area contributed by atoms with Gasteiger partial charge < -0.3 is 10.7 Å². The Bertz CT molecular complexity index is 1320. The van der Waals surface area contributed by atoms with Gasteiger partial charge in [0.2, 0.25) is 0 Å². The van der Waals surface area contributed by atoms with Crippen LogP contribution in [-0.2, 0) is 6.18 Å². The third-order valence-corrected chi connectivity index (χ3v) is 6.70. The van der Waals surface area contributed by atoms with Gasteiger partial charge in [0.05, 0.1) is 10.9 Å². The van der Waals surface area contributed by atoms with Crippen LogP contribution >= 0.6 is 0 Å². The third-order valence-electron chi connectivity index (χ3n) is 6.70. The van der Waals surface area contributed by atoms with E-state index in [2.05, 4.69) is 15.0 Å². The number of fused-ring (bicyclic) bond motifs is 2. The van der Waals surface area contributed by atoms with Crippen molar-refractivity contribution in [2.75, 3.05) is 0 Å². The summed E-state index contributed by atoms with van der Waals surface area (Å²) in [5.74, 6) is -4.04. The van der Waals surface area contributed by atoms with Crippen LogP contribution in [0.4, 0.5) is 22.0 Å². The zero-order valence-electron chi connectivity index (χ0n) is 18.7. The summed E-state index contributed by atoms with van der Waals surface area (Å²) in [4.78, 5) is 34.2. The number of hydrogen-bond acceptors (Lipinski definition) is 4. The highest BCUT2D eigenvalue weighted by molar-refractivity contribution is 6.03. The minimum atomic E-state index is -4.33. The van der Waals surface area contributed by atoms with E-state index in [1.165, 1.54) is 31.3 Å². The number of carbonyl (C=O) groups is 1. The van der Waals surface area contributed by atoms with Crippen molar-refractivity contribution in [2.24, 2.45) is 17.6 Å². The maximum atomic E-state index is 13.9. The predicted molar refractivity (Wildman–Crippen MR) is 118 cm³/mol. The smallest absolute Gasteiger partial charge is 0.364 e. The molecule has 0 aliphatic heterocycles. The number of rotatable bonds is 2. The Hall–Kier alpha value is -3.37. The molecule has 3 N–H and O–H groups in total. The van der Waals surface area contributed by atoms with Crippen molar-refractivity contribution in [3.63, 3.8) is 0 Å². The van der Waals surface area contributed by atoms with Crippen LogP contribution in [0.1, 0.15) is 59.2 Å². The molecule has 0 spiro atoms. The van der Waals surface area contributed by atoms with Crippen LogP contribution < -0.4 is 11.2 Å². The van der Waals surface area contributed by atoms with Crippen LogP contribution in [-0.4, -0.2) is 26.8 Å². The molecule has 3 heterocycles. The van der Waals surface area contributed by atoms with Gasteiger partial charge in [-0.05, 0) is 56.2 Å². The summed E-state index contributed by atoms with van der Waals surface area (Å²) in [5.41, 5.74) is 5.49. The monoisotopic (exact) mass is 494 g/mol. The first-order valence-corrected chi connectivity index (χ1v) is 11.1. The molecular formula is C24H23F5N4O2. The number of halogens is 5. The van der Waals surface area contributed by atoms with E-state index < -0.39 is 29.6 Å². The normalized spacial score (nSPS) is 23.0. The fourth-order valence-corrected chi connectivity index (χ4v) is 5.11. The Morgan fingerprint density at radius 2 is 1.94 bits per heavy atom. The van der Waals surface area contributed by atoms with Gasteiger partial charge in [-0.3, -0.25) is 14.6 Å². The Balaban J connectivity index is 0.000000221. The lowest BCUT2D eigenvalue weighted by molar-refractivity contribution is -0.141. The van der Waals surface area contributed by atoms with Gasteiger partial charge >= 0.3 is 6.18 Å². The number of carbonyl (C=O) groups excluding carboxylic acids is 1. The molecule has 2 aliphatic rings. The SMILES string of the molecule is Cc1cccc(C(F)(F)F)n1.NC(=O)c1nccc2[nH]c(C3CC4CCC(F)(F)C4C3)cc(=O)c12. The summed E-state index contributed by atoms with van der Waals surface area (Å²) >= 11 is 0. The number of pyridine rings is 3. The Morgan fingerprint density at radius 1 is 1.20 bits per heavy atom. The summed E-state index contributed by atoms with van der Waals surface area (Å²) in [6.07, 6.45) is -1.37. The topological polar surface area (TPSA) is 102 Å². The van der Waals surface area contributed by atoms with Crippen LogP contribution in [0, 0.1) is 18.8 Å². The Labute approximate surface area is 196 Å². The highest BCUT2D eigenvalue weighted by Crippen LogP contribution is 2.56. The molecule has 0 bridgehead atoms. The zero-order chi connectivity index (χ0) is 25.5. The van der Waals surface area contributed by atoms with Crippen molar-refractivity contribution in [1.82, 2.24) is 15.0 Å². The number of aryl methyl sites for hydroxylation is 1. The van der Waals surface area contributed by atoms with E-state index in [0.717, 1.165) is 6.07 Å². The van der Waals surface area contributed by atoms with E-state index in [0.29, 0.717) is 36.2 Å². The second-order valence-electron chi connectivity index (χ2n) is 9.03. The van der Waals surface area contributed by atoms with Gasteiger partial charge in [0, 0.05) is 36.0 Å². The quantitative estimate of drug-likeness (QED) is 0.491. The number of nitrogens with one attached hydrogen (secondary N) is 1. The number of H-pyrrole nitrogens is 1. The molecule has 0 aromatic carbocycles. The maximum absolute atomic E-state index is 13.9. The minimum Gasteiger partial charge on any atom is -0.364 e. The van der Waals surface area contributed by atoms with Crippen molar-refractivity contribution in [2.45, 2.75) is 50.6 Å². The average Bonchev–Trinajstić information content (AvgIpc) is 3.33. The predicted octanol–water partition coefficient (Wildman–Crippen LogP) is 4.97. The molecule has 6 nitrogen and oxygen atoms in total. The molecule has 3 aromatic rings. The lowest BCUT2D eigenvalue weighted by Gasteiger charge is -2.18. The first-order chi connectivity index (χ1) is 16.4. The summed E-state index contributed by atoms with van der Waals surface area (Å²) in [6, 6.07) is 6.81. The van der Waals surface area contributed by atoms with Crippen molar-refractivity contribution < 1.29 is 26.7 Å². The number of aromatic amines is 1. The molecule has 35 heavy (non-hydrogen) atoms. The zero-order valence-corrected chi connectivity index (χ0v) is 18.7. The van der Waals surface area contributed by atoms with Gasteiger partial charge in [-0.1, -0.05) is 6.07 Å². The summed E-state index contributed by atoms with van der Waals surface area (Å²) < 4.78 is 63.6. The van der Waals surface area contributed by atoms with Gasteiger partial charge in [-0.2, -0.15) is 13.2 Å². The number of amides is 1. The van der Waals surface area contributed by atoms with Crippen LogP contribution in [0.2, 0.25) is 0 Å². The number of aromatic nitrogens is 3. The molecule has 2 saturated carbocycles. The van der Waals surface area contributed by atoms with Gasteiger partial charge in [0.25, 0.3) is 11.8 Å². The van der Waals surface area contributed by atoms with Crippen LogP contribution in [0.3, 0.4) is 0 Å². The number of nitrogens with two attached hydrogens (primary N) is 1. The molecule has 0 saturated heterocycles. The number of primary amides is 1. The second kappa shape index (κ2) is 9.01. The molecule has 3 unspecified atom stereocenters. The van der Waals surface area contributed by atoms with Crippen LogP contribution in [0.5, 0.6) is 0 Å². The van der Waals surface area contributed by atoms with E-state index in [-0.39, 0.29) is 34.8 Å². The Kier molecular flexibility index (Phi) is 6.37. The van der Waals surface area contributed by atoms with Gasteiger partial charge in [0.15, 0.2) is 5.43 Å². The number of nitrogens with zero attached hydrogens (tertiary/aromatic N) is 2. The summed E-state index contributed by atoms with van der Waals surface area (Å²) in [6.45, 7) is 1.52. The maximum Gasteiger partial charge on any atom is 0.433 e. The van der Waals surface area contributed by atoms with E-state index in [1.54, 1.807) is 6.07 Å². The Morgan fingerprint density at radius 3 is 2.54 bits per heavy atom. The van der Waals surface area contributed by atoms with Crippen LogP contribution in [0.15, 0.2) is 41.3 Å². The third kappa shape index (κ3) is 5.03. The number of alkyl halides is 5. The largest absolute Gasteiger partial charge is 0.433 e. The molecule has 3 aromatic heterocycles. The molecule has 11 heteroatoms. The van der Waals surface area contributed by atoms with Crippen molar-refractivity contribution >= 4 is 16.8 Å². The van der Waals surface area contributed by atoms with Gasteiger partial charge in [-0.15, -0.1) is 0 Å². The minimum absolute atomic E-state index is 0.0165. The molecule has 3 atom stereocenters. The molecule has 0 radical (unpaired) electrons. The van der Waals surface area contributed by atoms with Gasteiger partial charge in [0.1, 0.15) is 11.4 Å². The standard InChI is InChI=1S/C17H17F2N3O2.C7H6F3N/c18-17(19)3-1-8-5-9(6-10(8)17)12-7-13(23)14-11(22-12)2-4-21-15(14)16(20)24;1-5-3-2-4-6(11-5)7(8,9)10/h2,4,7-10H,1,3,5-6H2,(H2,20,24)(H,22,23);2-4H,1H3. The number of hydrogen-bond donors (Lipinski definition) is 2. The van der Waals surface area contributed by atoms with Crippen molar-refractivity contribution in [1.29, 1.82) is 0 Å². The molecule has 2 aliphatic carbocycles. The van der Waals surface area contributed by atoms with E-state index in [1.807, 2.05) is 0 Å². The average molecular weight is 494 g/mol. The lowest BCUT2D eigenvalue weighted by Crippen LogP contribution is -2.22. The first-order valence-electron chi connectivity index (χ1n) is 11.1. The van der Waals surface area contributed by atoms with Crippen molar-refractivity contribution in [3.8, 4) is 0 Å². The summed E-state index contributed by atoms with van der Waals surface area (Å²) in [7, 11) is 0. The van der Waals surface area contributed by atoms with Gasteiger partial charge in [-0.25, -0.2) is 13.8 Å². The highest BCUT2D eigenvalue weighted by Gasteiger charge is 2.54. The van der Waals surface area contributed by atoms with E-state index >= 15 is 0 Å². The lowest BCUT2D eigenvalue weighted by atomic mass is 9.97. The molecule has 2 fully saturated rings. The molecule has 5 rings (SSSR count). The molecule has 1 amide bonds. The molecule has 186 valence electrons. The molecular weight excluding hydrogens is 471 g/mol. The van der Waals surface area contributed by atoms with E-state index in [4.69, 9.17) is 5.73 Å². The fraction of sp³-hybridized carbons (Fsp3) is 0.417. The summed E-state index contributed by atoms with van der Waals surface area (Å²) in [5, 5.41) is 0.150. The van der Waals surface area contributed by atoms with Crippen molar-refractivity contribution in [3.05, 3.63) is 69.5 Å². The first kappa shape index (κ1) is 24.7. The van der Waals surface area contributed by atoms with Crippen LogP contribution in [0.25, 0.3) is 10.9 Å². The highest BCUT2D eigenvalue weighted by atomic mass is 19.4. The fourth-order valence-electron chi connectivity index (χ4n) is 5.11. The second-order valence-corrected chi connectivity index (χ2v) is 9.03. The van der Waals surface area contributed by atoms with E-state index in [9.17, 15) is 31.5 Å².